The number of thioether (sulfide) groups is 1. The first kappa shape index (κ1) is 22.6. The summed E-state index contributed by atoms with van der Waals surface area (Å²) in [6, 6.07) is 12.7. The molecular formula is C23H24FN3O3S. The molecular weight excluding hydrogens is 417 g/mol. The number of hydrogen-bond donors (Lipinski definition) is 1. The van der Waals surface area contributed by atoms with E-state index in [0.29, 0.717) is 23.1 Å². The van der Waals surface area contributed by atoms with Crippen molar-refractivity contribution in [3.63, 3.8) is 0 Å². The van der Waals surface area contributed by atoms with Gasteiger partial charge in [0.2, 0.25) is 11.8 Å². The first-order valence-electron chi connectivity index (χ1n) is 9.96. The minimum Gasteiger partial charge on any atom is -0.494 e. The summed E-state index contributed by atoms with van der Waals surface area (Å²) in [5, 5.41) is 2.59. The van der Waals surface area contributed by atoms with E-state index >= 15 is 0 Å². The van der Waals surface area contributed by atoms with E-state index in [0.717, 1.165) is 12.2 Å². The molecule has 0 saturated carbocycles. The fourth-order valence-corrected chi connectivity index (χ4v) is 3.96. The molecule has 0 spiro atoms. The standard InChI is InChI=1S/C23H24FN3O3S/c1-3-13-27-21(28)15-20(31-23(27)26-18-7-5-16(24)6-8-18)22(29)25-17-9-11-19(12-10-17)30-14-4-2/h3,5-12,20H,1,4,13-15H2,2H3,(H,25,29)/t20-/m1/s1. The molecule has 1 heterocycles. The predicted molar refractivity (Wildman–Crippen MR) is 122 cm³/mol. The zero-order valence-electron chi connectivity index (χ0n) is 17.2. The van der Waals surface area contributed by atoms with E-state index in [1.807, 2.05) is 6.92 Å². The maximum atomic E-state index is 13.2. The summed E-state index contributed by atoms with van der Waals surface area (Å²) in [4.78, 5) is 31.4. The normalized spacial score (nSPS) is 17.5. The van der Waals surface area contributed by atoms with E-state index in [4.69, 9.17) is 4.74 Å². The predicted octanol–water partition coefficient (Wildman–Crippen LogP) is 4.76. The quantitative estimate of drug-likeness (QED) is 0.600. The van der Waals surface area contributed by atoms with Crippen molar-refractivity contribution in [1.29, 1.82) is 0 Å². The lowest BCUT2D eigenvalue weighted by Crippen LogP contribution is -2.45. The summed E-state index contributed by atoms with van der Waals surface area (Å²) in [7, 11) is 0. The SMILES string of the molecule is C=CCN1C(=O)C[C@H](C(=O)Nc2ccc(OCCC)cc2)SC1=Nc1ccc(F)cc1. The number of hydrogen-bond acceptors (Lipinski definition) is 5. The van der Waals surface area contributed by atoms with Crippen LogP contribution in [0.25, 0.3) is 0 Å². The van der Waals surface area contributed by atoms with Crippen LogP contribution in [0.2, 0.25) is 0 Å². The van der Waals surface area contributed by atoms with E-state index in [-0.39, 0.29) is 30.6 Å². The van der Waals surface area contributed by atoms with Crippen LogP contribution in [-0.4, -0.2) is 40.3 Å². The molecule has 0 unspecified atom stereocenters. The molecule has 1 atom stereocenters. The van der Waals surface area contributed by atoms with Gasteiger partial charge in [0.15, 0.2) is 5.17 Å². The minimum atomic E-state index is -0.635. The minimum absolute atomic E-state index is 0.0461. The van der Waals surface area contributed by atoms with Gasteiger partial charge in [-0.15, -0.1) is 6.58 Å². The van der Waals surface area contributed by atoms with Crippen LogP contribution in [0.15, 0.2) is 66.2 Å². The van der Waals surface area contributed by atoms with Crippen LogP contribution < -0.4 is 10.1 Å². The van der Waals surface area contributed by atoms with Crippen LogP contribution in [0, 0.1) is 5.82 Å². The first-order valence-corrected chi connectivity index (χ1v) is 10.8. The number of benzene rings is 2. The first-order chi connectivity index (χ1) is 15.0. The molecule has 2 amide bonds. The second-order valence-corrected chi connectivity index (χ2v) is 8.01. The lowest BCUT2D eigenvalue weighted by Gasteiger charge is -2.31. The maximum absolute atomic E-state index is 13.2. The third-order valence-electron chi connectivity index (χ3n) is 4.39. The topological polar surface area (TPSA) is 71.0 Å². The summed E-state index contributed by atoms with van der Waals surface area (Å²) in [5.74, 6) is -0.146. The molecule has 0 aliphatic carbocycles. The smallest absolute Gasteiger partial charge is 0.238 e. The number of nitrogens with zero attached hydrogens (tertiary/aromatic N) is 2. The Morgan fingerprint density at radius 1 is 1.29 bits per heavy atom. The van der Waals surface area contributed by atoms with E-state index in [1.165, 1.54) is 40.9 Å². The second kappa shape index (κ2) is 10.8. The fourth-order valence-electron chi connectivity index (χ4n) is 2.85. The van der Waals surface area contributed by atoms with Gasteiger partial charge in [0.1, 0.15) is 16.8 Å². The molecule has 2 aromatic rings. The Morgan fingerprint density at radius 3 is 2.65 bits per heavy atom. The molecule has 3 rings (SSSR count). The Morgan fingerprint density at radius 2 is 2.00 bits per heavy atom. The van der Waals surface area contributed by atoms with Crippen LogP contribution in [0.3, 0.4) is 0 Å². The molecule has 1 aliphatic rings. The molecule has 162 valence electrons. The third kappa shape index (κ3) is 6.18. The molecule has 8 heteroatoms. The number of aliphatic imine (C=N–C) groups is 1. The number of ether oxygens (including phenoxy) is 1. The van der Waals surface area contributed by atoms with Gasteiger partial charge in [0.25, 0.3) is 0 Å². The Labute approximate surface area is 185 Å². The van der Waals surface area contributed by atoms with Crippen molar-refractivity contribution in [3.05, 3.63) is 67.0 Å². The summed E-state index contributed by atoms with van der Waals surface area (Å²) in [6.45, 7) is 6.62. The summed E-state index contributed by atoms with van der Waals surface area (Å²) < 4.78 is 18.7. The molecule has 6 nitrogen and oxygen atoms in total. The highest BCUT2D eigenvalue weighted by molar-refractivity contribution is 8.15. The van der Waals surface area contributed by atoms with Crippen molar-refractivity contribution in [2.24, 2.45) is 4.99 Å². The summed E-state index contributed by atoms with van der Waals surface area (Å²) >= 11 is 1.20. The number of halogens is 1. The van der Waals surface area contributed by atoms with Crippen molar-refractivity contribution in [1.82, 2.24) is 4.90 Å². The average Bonchev–Trinajstić information content (AvgIpc) is 2.77. The average molecular weight is 442 g/mol. The molecule has 1 N–H and O–H groups in total. The van der Waals surface area contributed by atoms with Crippen LogP contribution in [0.1, 0.15) is 19.8 Å². The summed E-state index contributed by atoms with van der Waals surface area (Å²) in [5.41, 5.74) is 1.11. The van der Waals surface area contributed by atoms with Gasteiger partial charge in [0.05, 0.1) is 12.3 Å². The molecule has 1 fully saturated rings. The number of nitrogens with one attached hydrogen (secondary N) is 1. The van der Waals surface area contributed by atoms with Crippen molar-refractivity contribution >= 4 is 40.1 Å². The maximum Gasteiger partial charge on any atom is 0.238 e. The van der Waals surface area contributed by atoms with Crippen molar-refractivity contribution in [3.8, 4) is 5.75 Å². The highest BCUT2D eigenvalue weighted by Crippen LogP contribution is 2.30. The van der Waals surface area contributed by atoms with Gasteiger partial charge in [-0.1, -0.05) is 24.8 Å². The molecule has 0 radical (unpaired) electrons. The van der Waals surface area contributed by atoms with Gasteiger partial charge < -0.3 is 10.1 Å². The number of rotatable bonds is 8. The van der Waals surface area contributed by atoms with Crippen molar-refractivity contribution in [2.75, 3.05) is 18.5 Å². The van der Waals surface area contributed by atoms with Gasteiger partial charge in [-0.3, -0.25) is 14.5 Å². The lowest BCUT2D eigenvalue weighted by atomic mass is 10.2. The number of amides is 2. The molecule has 2 aromatic carbocycles. The van der Waals surface area contributed by atoms with Crippen molar-refractivity contribution < 1.29 is 18.7 Å². The molecule has 0 aromatic heterocycles. The number of amidine groups is 1. The van der Waals surface area contributed by atoms with Gasteiger partial charge in [-0.2, -0.15) is 0 Å². The van der Waals surface area contributed by atoms with Crippen LogP contribution in [0.5, 0.6) is 5.75 Å². The zero-order valence-corrected chi connectivity index (χ0v) is 18.0. The van der Waals surface area contributed by atoms with Crippen LogP contribution in [-0.2, 0) is 9.59 Å². The Kier molecular flexibility index (Phi) is 7.83. The molecule has 1 saturated heterocycles. The van der Waals surface area contributed by atoms with Gasteiger partial charge >= 0.3 is 0 Å². The Balaban J connectivity index is 1.73. The van der Waals surface area contributed by atoms with Crippen LogP contribution in [0.4, 0.5) is 15.8 Å². The largest absolute Gasteiger partial charge is 0.494 e. The molecule has 1 aliphatic heterocycles. The van der Waals surface area contributed by atoms with Crippen LogP contribution >= 0.6 is 11.8 Å². The van der Waals surface area contributed by atoms with E-state index in [2.05, 4.69) is 16.9 Å². The van der Waals surface area contributed by atoms with E-state index < -0.39 is 5.25 Å². The van der Waals surface area contributed by atoms with Gasteiger partial charge in [-0.25, -0.2) is 9.38 Å². The molecule has 31 heavy (non-hydrogen) atoms. The van der Waals surface area contributed by atoms with Gasteiger partial charge in [-0.05, 0) is 55.0 Å². The van der Waals surface area contributed by atoms with Gasteiger partial charge in [0, 0.05) is 18.7 Å². The second-order valence-electron chi connectivity index (χ2n) is 6.84. The zero-order chi connectivity index (χ0) is 22.2. The number of anilines is 1. The highest BCUT2D eigenvalue weighted by atomic mass is 32.2. The van der Waals surface area contributed by atoms with Crippen molar-refractivity contribution in [2.45, 2.75) is 25.0 Å². The Bertz CT molecular complexity index is 961. The number of carbonyl (C=O) groups excluding carboxylic acids is 2. The summed E-state index contributed by atoms with van der Waals surface area (Å²) in [6.07, 6.45) is 2.56. The van der Waals surface area contributed by atoms with E-state index in [1.54, 1.807) is 30.3 Å². The molecule has 0 bridgehead atoms. The monoisotopic (exact) mass is 441 g/mol. The fraction of sp³-hybridized carbons (Fsp3) is 0.261. The Hall–Kier alpha value is -3.13. The third-order valence-corrected chi connectivity index (χ3v) is 5.58. The lowest BCUT2D eigenvalue weighted by molar-refractivity contribution is -0.129. The van der Waals surface area contributed by atoms with E-state index in [9.17, 15) is 14.0 Å². The number of carbonyl (C=O) groups is 2. The highest BCUT2D eigenvalue weighted by Gasteiger charge is 2.35.